The Balaban J connectivity index is 1.54. The van der Waals surface area contributed by atoms with Gasteiger partial charge in [-0.05, 0) is 49.2 Å². The molecule has 27 heavy (non-hydrogen) atoms. The second-order valence-corrected chi connectivity index (χ2v) is 7.00. The predicted octanol–water partition coefficient (Wildman–Crippen LogP) is 4.01. The van der Waals surface area contributed by atoms with E-state index in [-0.39, 0.29) is 0 Å². The van der Waals surface area contributed by atoms with Gasteiger partial charge in [0.25, 0.3) is 0 Å². The van der Waals surface area contributed by atoms with E-state index < -0.39 is 0 Å². The fourth-order valence-electron chi connectivity index (χ4n) is 3.44. The van der Waals surface area contributed by atoms with Crippen LogP contribution in [0.2, 0.25) is 0 Å². The van der Waals surface area contributed by atoms with Crippen LogP contribution in [0.3, 0.4) is 0 Å². The van der Waals surface area contributed by atoms with E-state index in [1.165, 1.54) is 18.4 Å². The first-order valence-corrected chi connectivity index (χ1v) is 9.68. The third-order valence-corrected chi connectivity index (χ3v) is 5.03. The van der Waals surface area contributed by atoms with Crippen LogP contribution in [0.25, 0.3) is 0 Å². The van der Waals surface area contributed by atoms with Gasteiger partial charge in [0.1, 0.15) is 6.61 Å². The van der Waals surface area contributed by atoms with E-state index in [0.717, 1.165) is 43.2 Å². The minimum atomic E-state index is 0.538. The van der Waals surface area contributed by atoms with Crippen molar-refractivity contribution in [2.24, 2.45) is 0 Å². The van der Waals surface area contributed by atoms with Crippen LogP contribution in [-0.4, -0.2) is 37.7 Å². The van der Waals surface area contributed by atoms with E-state index in [9.17, 15) is 0 Å². The summed E-state index contributed by atoms with van der Waals surface area (Å²) in [6, 6.07) is 16.9. The maximum atomic E-state index is 6.02. The van der Waals surface area contributed by atoms with Crippen LogP contribution < -0.4 is 14.8 Å². The highest BCUT2D eigenvalue weighted by Gasteiger charge is 2.17. The highest BCUT2D eigenvalue weighted by atomic mass is 16.5. The van der Waals surface area contributed by atoms with Gasteiger partial charge in [0.05, 0.1) is 7.11 Å². The molecule has 0 radical (unpaired) electrons. The lowest BCUT2D eigenvalue weighted by molar-refractivity contribution is 0.214. The van der Waals surface area contributed by atoms with Crippen molar-refractivity contribution in [3.8, 4) is 11.5 Å². The van der Waals surface area contributed by atoms with Crippen LogP contribution in [0.15, 0.2) is 61.2 Å². The Morgan fingerprint density at radius 1 is 1.07 bits per heavy atom. The number of ether oxygens (including phenoxy) is 2. The zero-order valence-corrected chi connectivity index (χ0v) is 16.2. The molecule has 2 aromatic carbocycles. The van der Waals surface area contributed by atoms with E-state index in [2.05, 4.69) is 41.1 Å². The minimum Gasteiger partial charge on any atom is -0.493 e. The Kier molecular flexibility index (Phi) is 7.31. The number of likely N-dealkylation sites (tertiary alicyclic amines) is 1. The number of hydrogen-bond donors (Lipinski definition) is 1. The molecule has 2 aromatic rings. The number of methoxy groups -OCH3 is 1. The highest BCUT2D eigenvalue weighted by molar-refractivity contribution is 5.43. The van der Waals surface area contributed by atoms with E-state index in [4.69, 9.17) is 9.47 Å². The maximum Gasteiger partial charge on any atom is 0.161 e. The van der Waals surface area contributed by atoms with Crippen molar-refractivity contribution in [3.63, 3.8) is 0 Å². The van der Waals surface area contributed by atoms with Gasteiger partial charge in [-0.25, -0.2) is 0 Å². The van der Waals surface area contributed by atoms with Gasteiger partial charge in [-0.3, -0.25) is 4.90 Å². The van der Waals surface area contributed by atoms with E-state index in [0.29, 0.717) is 12.6 Å². The zero-order valence-electron chi connectivity index (χ0n) is 16.2. The molecule has 3 rings (SSSR count). The summed E-state index contributed by atoms with van der Waals surface area (Å²) in [4.78, 5) is 2.45. The molecule has 0 aromatic heterocycles. The summed E-state index contributed by atoms with van der Waals surface area (Å²) >= 11 is 0. The number of nitrogens with one attached hydrogen (secondary N) is 1. The van der Waals surface area contributed by atoms with Crippen molar-refractivity contribution in [3.05, 3.63) is 72.3 Å². The number of hydrogen-bond acceptors (Lipinski definition) is 4. The molecule has 144 valence electrons. The molecule has 4 nitrogen and oxygen atoms in total. The monoisotopic (exact) mass is 366 g/mol. The van der Waals surface area contributed by atoms with Crippen LogP contribution >= 0.6 is 0 Å². The number of rotatable bonds is 9. The summed E-state index contributed by atoms with van der Waals surface area (Å²) in [5.41, 5.74) is 2.36. The average Bonchev–Trinajstić information content (AvgIpc) is 2.73. The van der Waals surface area contributed by atoms with Gasteiger partial charge in [-0.2, -0.15) is 0 Å². The molecule has 0 atom stereocenters. The fraction of sp³-hybridized carbons (Fsp3) is 0.391. The quantitative estimate of drug-likeness (QED) is 0.680. The fourth-order valence-corrected chi connectivity index (χ4v) is 3.44. The number of nitrogens with zero attached hydrogens (tertiary/aromatic N) is 1. The first-order valence-electron chi connectivity index (χ1n) is 9.68. The lowest BCUT2D eigenvalue weighted by Crippen LogP contribution is -2.42. The maximum absolute atomic E-state index is 6.02. The van der Waals surface area contributed by atoms with Crippen LogP contribution in [0, 0.1) is 0 Å². The predicted molar refractivity (Wildman–Crippen MR) is 110 cm³/mol. The largest absolute Gasteiger partial charge is 0.493 e. The van der Waals surface area contributed by atoms with Gasteiger partial charge in [-0.15, -0.1) is 6.58 Å². The Labute approximate surface area is 162 Å². The highest BCUT2D eigenvalue weighted by Crippen LogP contribution is 2.29. The number of piperidine rings is 1. The normalized spacial score (nSPS) is 15.4. The molecule has 4 heteroatoms. The van der Waals surface area contributed by atoms with Gasteiger partial charge in [0, 0.05) is 19.1 Å². The van der Waals surface area contributed by atoms with Crippen molar-refractivity contribution in [1.82, 2.24) is 10.2 Å². The molecule has 1 N–H and O–H groups in total. The molecule has 1 saturated heterocycles. The molecular weight excluding hydrogens is 336 g/mol. The molecule has 1 aliphatic rings. The Morgan fingerprint density at radius 2 is 1.85 bits per heavy atom. The van der Waals surface area contributed by atoms with Gasteiger partial charge >= 0.3 is 0 Å². The molecule has 1 heterocycles. The summed E-state index contributed by atoms with van der Waals surface area (Å²) in [6.07, 6.45) is 4.35. The summed E-state index contributed by atoms with van der Waals surface area (Å²) in [6.45, 7) is 8.48. The lowest BCUT2D eigenvalue weighted by Gasteiger charge is -2.31. The molecule has 0 spiro atoms. The Morgan fingerprint density at radius 3 is 2.56 bits per heavy atom. The topological polar surface area (TPSA) is 33.7 Å². The SMILES string of the molecule is C=CCN1CCC(NCc2ccc(OC)c(OCc3ccccc3)c2)CC1. The van der Waals surface area contributed by atoms with E-state index in [1.54, 1.807) is 7.11 Å². The first kappa shape index (κ1) is 19.5. The van der Waals surface area contributed by atoms with Gasteiger partial charge in [0.15, 0.2) is 11.5 Å². The third-order valence-electron chi connectivity index (χ3n) is 5.03. The number of benzene rings is 2. The molecule has 1 aliphatic heterocycles. The Bertz CT molecular complexity index is 710. The van der Waals surface area contributed by atoms with Crippen LogP contribution in [0.5, 0.6) is 11.5 Å². The second kappa shape index (κ2) is 10.1. The van der Waals surface area contributed by atoms with Crippen LogP contribution in [0.1, 0.15) is 24.0 Å². The minimum absolute atomic E-state index is 0.538. The third kappa shape index (κ3) is 5.84. The smallest absolute Gasteiger partial charge is 0.161 e. The van der Waals surface area contributed by atoms with Crippen molar-refractivity contribution in [2.45, 2.75) is 32.0 Å². The first-order chi connectivity index (χ1) is 13.3. The molecule has 0 saturated carbocycles. The summed E-state index contributed by atoms with van der Waals surface area (Å²) in [7, 11) is 1.68. The summed E-state index contributed by atoms with van der Waals surface area (Å²) < 4.78 is 11.5. The summed E-state index contributed by atoms with van der Waals surface area (Å²) in [5.74, 6) is 1.56. The van der Waals surface area contributed by atoms with Gasteiger partial charge in [-0.1, -0.05) is 42.5 Å². The summed E-state index contributed by atoms with van der Waals surface area (Å²) in [5, 5.41) is 3.69. The van der Waals surface area contributed by atoms with E-state index in [1.807, 2.05) is 30.3 Å². The lowest BCUT2D eigenvalue weighted by atomic mass is 10.0. The average molecular weight is 367 g/mol. The van der Waals surface area contributed by atoms with Crippen LogP contribution in [0.4, 0.5) is 0 Å². The molecule has 0 aliphatic carbocycles. The molecule has 0 bridgehead atoms. The second-order valence-electron chi connectivity index (χ2n) is 7.00. The Hall–Kier alpha value is -2.30. The molecule has 0 unspecified atom stereocenters. The van der Waals surface area contributed by atoms with Crippen molar-refractivity contribution in [1.29, 1.82) is 0 Å². The molecule has 0 amide bonds. The zero-order chi connectivity index (χ0) is 18.9. The standard InChI is InChI=1S/C23H30N2O2/c1-3-13-25-14-11-21(12-15-25)24-17-20-9-10-22(26-2)23(16-20)27-18-19-7-5-4-6-8-19/h3-10,16,21,24H,1,11-15,17-18H2,2H3. The van der Waals surface area contributed by atoms with Gasteiger partial charge < -0.3 is 14.8 Å². The van der Waals surface area contributed by atoms with Crippen molar-refractivity contribution < 1.29 is 9.47 Å². The van der Waals surface area contributed by atoms with Crippen LogP contribution in [-0.2, 0) is 13.2 Å². The van der Waals surface area contributed by atoms with E-state index >= 15 is 0 Å². The van der Waals surface area contributed by atoms with Crippen molar-refractivity contribution in [2.75, 3.05) is 26.7 Å². The molecular formula is C23H30N2O2. The molecule has 1 fully saturated rings. The van der Waals surface area contributed by atoms with Crippen molar-refractivity contribution >= 4 is 0 Å². The van der Waals surface area contributed by atoms with Gasteiger partial charge in [0.2, 0.25) is 0 Å².